The van der Waals surface area contributed by atoms with Crippen molar-refractivity contribution in [2.24, 2.45) is 0 Å². The molecule has 1 saturated carbocycles. The lowest BCUT2D eigenvalue weighted by atomic mass is 9.74. The molecule has 1 heterocycles. The predicted octanol–water partition coefficient (Wildman–Crippen LogP) is 1.65. The van der Waals surface area contributed by atoms with E-state index < -0.39 is 5.41 Å². The third-order valence-corrected chi connectivity index (χ3v) is 5.43. The average molecular weight is 358 g/mol. The van der Waals surface area contributed by atoms with Crippen LogP contribution in [0.5, 0.6) is 0 Å². The molecular weight excluding hydrogens is 332 g/mol. The number of amides is 3. The molecule has 26 heavy (non-hydrogen) atoms. The number of methoxy groups -OCH3 is 1. The molecule has 1 atom stereocenters. The van der Waals surface area contributed by atoms with Crippen molar-refractivity contribution in [2.75, 3.05) is 27.3 Å². The molecule has 0 spiro atoms. The van der Waals surface area contributed by atoms with Crippen molar-refractivity contribution in [3.8, 4) is 0 Å². The van der Waals surface area contributed by atoms with Gasteiger partial charge in [0.15, 0.2) is 0 Å². The Morgan fingerprint density at radius 1 is 1.31 bits per heavy atom. The van der Waals surface area contributed by atoms with E-state index in [1.165, 1.54) is 4.90 Å². The summed E-state index contributed by atoms with van der Waals surface area (Å²) in [4.78, 5) is 41.8. The zero-order valence-electron chi connectivity index (χ0n) is 15.7. The minimum atomic E-state index is -1.09. The number of carbonyl (C=O) groups is 3. The summed E-state index contributed by atoms with van der Waals surface area (Å²) in [6, 6.07) is 7.58. The molecule has 2 fully saturated rings. The number of likely N-dealkylation sites (tertiary alicyclic amines) is 1. The zero-order chi connectivity index (χ0) is 18.9. The highest BCUT2D eigenvalue weighted by atomic mass is 16.5. The SMILES string of the molecule is COCCN(C)C(=O)C[C@]1(c2ccccc2C)CC(=O)N(C2CC2)C1=O. The summed E-state index contributed by atoms with van der Waals surface area (Å²) < 4.78 is 5.03. The molecule has 1 aliphatic heterocycles. The fraction of sp³-hybridized carbons (Fsp3) is 0.550. The van der Waals surface area contributed by atoms with Crippen molar-refractivity contribution < 1.29 is 19.1 Å². The third-order valence-electron chi connectivity index (χ3n) is 5.43. The molecule has 1 aromatic rings. The monoisotopic (exact) mass is 358 g/mol. The highest BCUT2D eigenvalue weighted by molar-refractivity contribution is 6.11. The first-order valence-corrected chi connectivity index (χ1v) is 9.06. The Morgan fingerprint density at radius 2 is 2.00 bits per heavy atom. The number of imide groups is 1. The minimum absolute atomic E-state index is 0.00581. The predicted molar refractivity (Wildman–Crippen MR) is 96.5 cm³/mol. The second-order valence-corrected chi connectivity index (χ2v) is 7.36. The molecular formula is C20H26N2O4. The lowest BCUT2D eigenvalue weighted by molar-refractivity contribution is -0.143. The second kappa shape index (κ2) is 7.19. The molecule has 6 heteroatoms. The van der Waals surface area contributed by atoms with E-state index in [4.69, 9.17) is 4.74 Å². The zero-order valence-corrected chi connectivity index (χ0v) is 15.7. The van der Waals surface area contributed by atoms with Gasteiger partial charge in [-0.2, -0.15) is 0 Å². The van der Waals surface area contributed by atoms with Gasteiger partial charge in [0.05, 0.1) is 12.0 Å². The van der Waals surface area contributed by atoms with Gasteiger partial charge < -0.3 is 9.64 Å². The summed E-state index contributed by atoms with van der Waals surface area (Å²) in [6.07, 6.45) is 1.80. The van der Waals surface area contributed by atoms with Crippen molar-refractivity contribution in [2.45, 2.75) is 44.1 Å². The lowest BCUT2D eigenvalue weighted by Crippen LogP contribution is -2.44. The number of aryl methyl sites for hydroxylation is 1. The van der Waals surface area contributed by atoms with Crippen LogP contribution in [0.4, 0.5) is 0 Å². The quantitative estimate of drug-likeness (QED) is 0.695. The van der Waals surface area contributed by atoms with Crippen LogP contribution in [-0.4, -0.2) is 60.9 Å². The van der Waals surface area contributed by atoms with Gasteiger partial charge in [-0.05, 0) is 30.9 Å². The van der Waals surface area contributed by atoms with Crippen molar-refractivity contribution >= 4 is 17.7 Å². The molecule has 140 valence electrons. The molecule has 0 aromatic heterocycles. The summed E-state index contributed by atoms with van der Waals surface area (Å²) in [5, 5.41) is 0. The van der Waals surface area contributed by atoms with Gasteiger partial charge in [0, 0.05) is 39.6 Å². The van der Waals surface area contributed by atoms with Crippen LogP contribution in [0.3, 0.4) is 0 Å². The molecule has 0 N–H and O–H groups in total. The molecule has 3 amide bonds. The topological polar surface area (TPSA) is 66.9 Å². The number of nitrogens with zero attached hydrogens (tertiary/aromatic N) is 2. The van der Waals surface area contributed by atoms with Crippen LogP contribution >= 0.6 is 0 Å². The standard InChI is InChI=1S/C20H26N2O4/c1-14-6-4-5-7-16(14)20(12-17(23)21(2)10-11-26-3)13-18(24)22(19(20)25)15-8-9-15/h4-7,15H,8-13H2,1-3H3/t20-/m1/s1. The van der Waals surface area contributed by atoms with E-state index in [9.17, 15) is 14.4 Å². The van der Waals surface area contributed by atoms with E-state index in [1.807, 2.05) is 31.2 Å². The summed E-state index contributed by atoms with van der Waals surface area (Å²) in [6.45, 7) is 2.81. The Hall–Kier alpha value is -2.21. The van der Waals surface area contributed by atoms with Crippen LogP contribution in [0.2, 0.25) is 0 Å². The Balaban J connectivity index is 1.96. The maximum atomic E-state index is 13.4. The molecule has 0 bridgehead atoms. The van der Waals surface area contributed by atoms with E-state index in [-0.39, 0.29) is 36.6 Å². The van der Waals surface area contributed by atoms with Crippen molar-refractivity contribution in [1.29, 1.82) is 0 Å². The maximum Gasteiger partial charge on any atom is 0.241 e. The normalized spacial score (nSPS) is 22.8. The Kier molecular flexibility index (Phi) is 5.14. The second-order valence-electron chi connectivity index (χ2n) is 7.36. The van der Waals surface area contributed by atoms with E-state index in [2.05, 4.69) is 0 Å². The van der Waals surface area contributed by atoms with Crippen molar-refractivity contribution in [3.05, 3.63) is 35.4 Å². The largest absolute Gasteiger partial charge is 0.383 e. The highest BCUT2D eigenvalue weighted by Crippen LogP contribution is 2.45. The third kappa shape index (κ3) is 3.26. The number of benzene rings is 1. The van der Waals surface area contributed by atoms with Crippen molar-refractivity contribution in [1.82, 2.24) is 9.80 Å². The van der Waals surface area contributed by atoms with Crippen LogP contribution < -0.4 is 0 Å². The number of hydrogen-bond acceptors (Lipinski definition) is 4. The van der Waals surface area contributed by atoms with E-state index in [0.29, 0.717) is 13.2 Å². The lowest BCUT2D eigenvalue weighted by Gasteiger charge is -2.30. The Morgan fingerprint density at radius 3 is 2.62 bits per heavy atom. The van der Waals surface area contributed by atoms with Gasteiger partial charge in [0.25, 0.3) is 0 Å². The molecule has 1 aliphatic carbocycles. The summed E-state index contributed by atoms with van der Waals surface area (Å²) in [7, 11) is 3.28. The molecule has 0 unspecified atom stereocenters. The summed E-state index contributed by atoms with van der Waals surface area (Å²) in [5.41, 5.74) is 0.623. The first kappa shape index (κ1) is 18.6. The Labute approximate surface area is 154 Å². The number of rotatable bonds is 7. The molecule has 3 rings (SSSR count). The van der Waals surface area contributed by atoms with Crippen LogP contribution in [0.15, 0.2) is 24.3 Å². The van der Waals surface area contributed by atoms with Gasteiger partial charge in [-0.3, -0.25) is 19.3 Å². The first-order valence-electron chi connectivity index (χ1n) is 9.06. The van der Waals surface area contributed by atoms with E-state index in [0.717, 1.165) is 24.0 Å². The van der Waals surface area contributed by atoms with Gasteiger partial charge in [-0.15, -0.1) is 0 Å². The van der Waals surface area contributed by atoms with Crippen molar-refractivity contribution in [3.63, 3.8) is 0 Å². The van der Waals surface area contributed by atoms with Gasteiger partial charge in [0.1, 0.15) is 0 Å². The number of ether oxygens (including phenoxy) is 1. The van der Waals surface area contributed by atoms with Crippen LogP contribution in [-0.2, 0) is 24.5 Å². The highest BCUT2D eigenvalue weighted by Gasteiger charge is 2.57. The van der Waals surface area contributed by atoms with E-state index >= 15 is 0 Å². The van der Waals surface area contributed by atoms with Gasteiger partial charge in [0.2, 0.25) is 17.7 Å². The summed E-state index contributed by atoms with van der Waals surface area (Å²) >= 11 is 0. The van der Waals surface area contributed by atoms with Crippen LogP contribution in [0.1, 0.15) is 36.8 Å². The fourth-order valence-corrected chi connectivity index (χ4v) is 3.76. The Bertz CT molecular complexity index is 728. The minimum Gasteiger partial charge on any atom is -0.383 e. The maximum absolute atomic E-state index is 13.4. The van der Waals surface area contributed by atoms with E-state index in [1.54, 1.807) is 19.1 Å². The molecule has 1 saturated heterocycles. The summed E-state index contributed by atoms with van der Waals surface area (Å²) in [5.74, 6) is -0.523. The smallest absolute Gasteiger partial charge is 0.241 e. The van der Waals surface area contributed by atoms with Crippen LogP contribution in [0, 0.1) is 6.92 Å². The fourth-order valence-electron chi connectivity index (χ4n) is 3.76. The number of carbonyl (C=O) groups excluding carboxylic acids is 3. The molecule has 2 aliphatic rings. The molecule has 0 radical (unpaired) electrons. The van der Waals surface area contributed by atoms with Gasteiger partial charge in [-0.1, -0.05) is 24.3 Å². The first-order chi connectivity index (χ1) is 12.4. The number of likely N-dealkylation sites (N-methyl/N-ethyl adjacent to an activating group) is 1. The molecule has 1 aromatic carbocycles. The van der Waals surface area contributed by atoms with Gasteiger partial charge >= 0.3 is 0 Å². The molecule has 6 nitrogen and oxygen atoms in total. The van der Waals surface area contributed by atoms with Gasteiger partial charge in [-0.25, -0.2) is 0 Å². The van der Waals surface area contributed by atoms with Crippen LogP contribution in [0.25, 0.3) is 0 Å². The number of hydrogen-bond donors (Lipinski definition) is 0. The average Bonchev–Trinajstić information content (AvgIpc) is 3.40.